The van der Waals surface area contributed by atoms with Crippen molar-refractivity contribution in [2.24, 2.45) is 0 Å². The first kappa shape index (κ1) is 20.3. The molecule has 0 saturated carbocycles. The Hall–Kier alpha value is -3.41. The minimum Gasteiger partial charge on any atom is -0.456 e. The average Bonchev–Trinajstić information content (AvgIpc) is 3.12. The van der Waals surface area contributed by atoms with Gasteiger partial charge in [0.25, 0.3) is 5.91 Å². The molecule has 29 heavy (non-hydrogen) atoms. The van der Waals surface area contributed by atoms with Crippen molar-refractivity contribution < 1.29 is 14.3 Å². The molecular weight excluding hydrogens is 366 g/mol. The SMILES string of the molecule is CCC(=O)OCC(=O)Nc1cc(-c2cc(C)c(C)cc2C)nn1-c1ccccc1. The van der Waals surface area contributed by atoms with E-state index in [1.54, 1.807) is 11.6 Å². The summed E-state index contributed by atoms with van der Waals surface area (Å²) in [5.74, 6) is -0.309. The summed E-state index contributed by atoms with van der Waals surface area (Å²) in [6.45, 7) is 7.55. The molecule has 0 radical (unpaired) electrons. The Labute approximate surface area is 170 Å². The first-order valence-electron chi connectivity index (χ1n) is 9.58. The van der Waals surface area contributed by atoms with Crippen LogP contribution in [-0.2, 0) is 14.3 Å². The number of carbonyl (C=O) groups is 2. The van der Waals surface area contributed by atoms with Crippen molar-refractivity contribution in [2.45, 2.75) is 34.1 Å². The number of ether oxygens (including phenoxy) is 1. The molecule has 150 valence electrons. The highest BCUT2D eigenvalue weighted by molar-refractivity contribution is 5.93. The van der Waals surface area contributed by atoms with Gasteiger partial charge in [-0.15, -0.1) is 0 Å². The number of carbonyl (C=O) groups excluding carboxylic acids is 2. The molecule has 0 fully saturated rings. The van der Waals surface area contributed by atoms with Crippen LogP contribution >= 0.6 is 0 Å². The van der Waals surface area contributed by atoms with Crippen molar-refractivity contribution in [3.8, 4) is 16.9 Å². The van der Waals surface area contributed by atoms with Crippen molar-refractivity contribution in [3.63, 3.8) is 0 Å². The normalized spacial score (nSPS) is 10.6. The zero-order chi connectivity index (χ0) is 21.0. The number of hydrogen-bond donors (Lipinski definition) is 1. The van der Waals surface area contributed by atoms with Gasteiger partial charge in [-0.1, -0.05) is 31.2 Å². The molecule has 0 spiro atoms. The summed E-state index contributed by atoms with van der Waals surface area (Å²) in [7, 11) is 0. The number of hydrogen-bond acceptors (Lipinski definition) is 4. The molecular formula is C23H25N3O3. The van der Waals surface area contributed by atoms with Crippen LogP contribution in [0.1, 0.15) is 30.0 Å². The van der Waals surface area contributed by atoms with E-state index < -0.39 is 11.9 Å². The molecule has 2 aromatic carbocycles. The number of rotatable bonds is 6. The van der Waals surface area contributed by atoms with Crippen LogP contribution in [0.4, 0.5) is 5.82 Å². The van der Waals surface area contributed by atoms with Gasteiger partial charge in [0.2, 0.25) is 0 Å². The van der Waals surface area contributed by atoms with Crippen LogP contribution < -0.4 is 5.32 Å². The standard InChI is InChI=1S/C23H25N3O3/c1-5-23(28)29-14-22(27)24-21-13-20(19-12-16(3)15(2)11-17(19)4)25-26(21)18-9-7-6-8-10-18/h6-13H,5,14H2,1-4H3,(H,24,27). The molecule has 0 atom stereocenters. The smallest absolute Gasteiger partial charge is 0.306 e. The topological polar surface area (TPSA) is 73.2 Å². The molecule has 0 aliphatic rings. The van der Waals surface area contributed by atoms with Crippen molar-refractivity contribution in [1.29, 1.82) is 0 Å². The van der Waals surface area contributed by atoms with E-state index in [9.17, 15) is 9.59 Å². The molecule has 0 unspecified atom stereocenters. The van der Waals surface area contributed by atoms with Gasteiger partial charge in [-0.3, -0.25) is 9.59 Å². The average molecular weight is 391 g/mol. The third kappa shape index (κ3) is 4.71. The van der Waals surface area contributed by atoms with E-state index in [4.69, 9.17) is 9.84 Å². The summed E-state index contributed by atoms with van der Waals surface area (Å²) in [6, 6.07) is 15.6. The number of para-hydroxylation sites is 1. The molecule has 0 aliphatic carbocycles. The predicted octanol–water partition coefficient (Wildman–Crippen LogP) is 4.36. The van der Waals surface area contributed by atoms with Crippen LogP contribution in [0.2, 0.25) is 0 Å². The highest BCUT2D eigenvalue weighted by atomic mass is 16.5. The minimum atomic E-state index is -0.414. The zero-order valence-electron chi connectivity index (χ0n) is 17.2. The molecule has 0 saturated heterocycles. The maximum Gasteiger partial charge on any atom is 0.306 e. The predicted molar refractivity (Wildman–Crippen MR) is 113 cm³/mol. The van der Waals surface area contributed by atoms with Crippen LogP contribution in [0, 0.1) is 20.8 Å². The van der Waals surface area contributed by atoms with E-state index in [1.165, 1.54) is 11.1 Å². The second kappa shape index (κ2) is 8.73. The molecule has 3 rings (SSSR count). The van der Waals surface area contributed by atoms with Crippen LogP contribution in [0.5, 0.6) is 0 Å². The van der Waals surface area contributed by atoms with Gasteiger partial charge in [-0.05, 0) is 55.7 Å². The lowest BCUT2D eigenvalue weighted by Crippen LogP contribution is -2.22. The Morgan fingerprint density at radius 2 is 1.69 bits per heavy atom. The Balaban J connectivity index is 1.98. The Kier molecular flexibility index (Phi) is 6.12. The van der Waals surface area contributed by atoms with Gasteiger partial charge < -0.3 is 10.1 Å². The number of esters is 1. The summed E-state index contributed by atoms with van der Waals surface area (Å²) in [5, 5.41) is 7.55. The van der Waals surface area contributed by atoms with Gasteiger partial charge in [0.05, 0.1) is 11.4 Å². The summed E-state index contributed by atoms with van der Waals surface area (Å²) >= 11 is 0. The lowest BCUT2D eigenvalue weighted by Gasteiger charge is -2.09. The number of nitrogens with one attached hydrogen (secondary N) is 1. The number of aryl methyl sites for hydroxylation is 3. The first-order chi connectivity index (χ1) is 13.9. The molecule has 1 aromatic heterocycles. The van der Waals surface area contributed by atoms with E-state index in [1.807, 2.05) is 43.3 Å². The second-order valence-corrected chi connectivity index (χ2v) is 6.98. The lowest BCUT2D eigenvalue weighted by molar-refractivity contribution is -0.146. The van der Waals surface area contributed by atoms with Crippen molar-refractivity contribution in [1.82, 2.24) is 9.78 Å². The summed E-state index contributed by atoms with van der Waals surface area (Å²) in [6.07, 6.45) is 0.228. The fourth-order valence-corrected chi connectivity index (χ4v) is 3.03. The van der Waals surface area contributed by atoms with E-state index in [-0.39, 0.29) is 13.0 Å². The molecule has 3 aromatic rings. The van der Waals surface area contributed by atoms with Crippen LogP contribution in [0.3, 0.4) is 0 Å². The van der Waals surface area contributed by atoms with Gasteiger partial charge in [-0.25, -0.2) is 4.68 Å². The van der Waals surface area contributed by atoms with Crippen molar-refractivity contribution in [3.05, 3.63) is 65.2 Å². The van der Waals surface area contributed by atoms with Gasteiger partial charge in [0.1, 0.15) is 5.82 Å². The van der Waals surface area contributed by atoms with E-state index in [0.717, 1.165) is 22.5 Å². The molecule has 1 heterocycles. The molecule has 6 heteroatoms. The fraction of sp³-hybridized carbons (Fsp3) is 0.261. The summed E-state index contributed by atoms with van der Waals surface area (Å²) in [5.41, 5.74) is 6.10. The maximum absolute atomic E-state index is 12.3. The number of anilines is 1. The highest BCUT2D eigenvalue weighted by Gasteiger charge is 2.16. The van der Waals surface area contributed by atoms with Gasteiger partial charge in [0, 0.05) is 18.1 Å². The van der Waals surface area contributed by atoms with Crippen LogP contribution in [0.15, 0.2) is 48.5 Å². The number of nitrogens with zero attached hydrogens (tertiary/aromatic N) is 2. The summed E-state index contributed by atoms with van der Waals surface area (Å²) < 4.78 is 6.61. The molecule has 0 aliphatic heterocycles. The molecule has 1 amide bonds. The lowest BCUT2D eigenvalue weighted by atomic mass is 9.99. The third-order valence-electron chi connectivity index (χ3n) is 4.75. The molecule has 6 nitrogen and oxygen atoms in total. The van der Waals surface area contributed by atoms with Gasteiger partial charge in [0.15, 0.2) is 6.61 Å². The van der Waals surface area contributed by atoms with E-state index in [0.29, 0.717) is 5.82 Å². The maximum atomic E-state index is 12.3. The molecule has 1 N–H and O–H groups in total. The van der Waals surface area contributed by atoms with Crippen LogP contribution in [0.25, 0.3) is 16.9 Å². The third-order valence-corrected chi connectivity index (χ3v) is 4.75. The largest absolute Gasteiger partial charge is 0.456 e. The van der Waals surface area contributed by atoms with Crippen molar-refractivity contribution in [2.75, 3.05) is 11.9 Å². The van der Waals surface area contributed by atoms with E-state index >= 15 is 0 Å². The number of aromatic nitrogens is 2. The Morgan fingerprint density at radius 3 is 2.38 bits per heavy atom. The highest BCUT2D eigenvalue weighted by Crippen LogP contribution is 2.29. The fourth-order valence-electron chi connectivity index (χ4n) is 3.03. The first-order valence-corrected chi connectivity index (χ1v) is 9.58. The minimum absolute atomic E-state index is 0.228. The second-order valence-electron chi connectivity index (χ2n) is 6.98. The quantitative estimate of drug-likeness (QED) is 0.634. The monoisotopic (exact) mass is 391 g/mol. The van der Waals surface area contributed by atoms with E-state index in [2.05, 4.69) is 31.3 Å². The van der Waals surface area contributed by atoms with Gasteiger partial charge in [-0.2, -0.15) is 5.10 Å². The zero-order valence-corrected chi connectivity index (χ0v) is 17.2. The summed E-state index contributed by atoms with van der Waals surface area (Å²) in [4.78, 5) is 23.6. The Morgan fingerprint density at radius 1 is 1.00 bits per heavy atom. The Bertz CT molecular complexity index is 1040. The van der Waals surface area contributed by atoms with Crippen molar-refractivity contribution >= 4 is 17.7 Å². The van der Waals surface area contributed by atoms with Gasteiger partial charge >= 0.3 is 5.97 Å². The number of amides is 1. The molecule has 0 bridgehead atoms. The van der Waals surface area contributed by atoms with Crippen LogP contribution in [-0.4, -0.2) is 28.3 Å². The number of benzene rings is 2.